The van der Waals surface area contributed by atoms with Crippen LogP contribution in [-0.2, 0) is 4.79 Å². The van der Waals surface area contributed by atoms with E-state index in [1.165, 1.54) is 0 Å². The van der Waals surface area contributed by atoms with Gasteiger partial charge in [-0.05, 0) is 30.9 Å². The Kier molecular flexibility index (Phi) is 3.08. The van der Waals surface area contributed by atoms with Crippen LogP contribution >= 0.6 is 11.6 Å². The average molecular weight is 225 g/mol. The number of Topliss-reactive ketones (excluding diaryl/α,β-unsaturated/α-hetero) is 1. The summed E-state index contributed by atoms with van der Waals surface area (Å²) in [7, 11) is 0. The molecular weight excluding hydrogens is 212 g/mol. The molecule has 1 unspecified atom stereocenters. The smallest absolute Gasteiger partial charge is 0.168 e. The van der Waals surface area contributed by atoms with Gasteiger partial charge in [0.1, 0.15) is 6.10 Å². The second kappa shape index (κ2) is 4.33. The number of ketones is 1. The lowest BCUT2D eigenvalue weighted by atomic mass is 9.81. The summed E-state index contributed by atoms with van der Waals surface area (Å²) in [6.45, 7) is 0. The van der Waals surface area contributed by atoms with Crippen molar-refractivity contribution in [3.63, 3.8) is 0 Å². The van der Waals surface area contributed by atoms with Crippen molar-refractivity contribution in [1.82, 2.24) is 0 Å². The third kappa shape index (κ3) is 2.06. The first kappa shape index (κ1) is 10.7. The van der Waals surface area contributed by atoms with Crippen molar-refractivity contribution in [2.75, 3.05) is 0 Å². The van der Waals surface area contributed by atoms with Crippen LogP contribution in [0.4, 0.5) is 0 Å². The topological polar surface area (TPSA) is 37.3 Å². The molecule has 0 heterocycles. The molecule has 1 N–H and O–H groups in total. The van der Waals surface area contributed by atoms with E-state index >= 15 is 0 Å². The van der Waals surface area contributed by atoms with Crippen LogP contribution < -0.4 is 0 Å². The molecule has 80 valence electrons. The standard InChI is InChI=1S/C12H13ClO2/c13-10-6-2-1-4-8(10)9-5-3-7-11(14)12(9)15/h1-2,4,6,9,11,14H,3,5,7H2/t9-,11?/m0/s1. The van der Waals surface area contributed by atoms with Gasteiger partial charge in [-0.2, -0.15) is 0 Å². The van der Waals surface area contributed by atoms with E-state index in [4.69, 9.17) is 11.6 Å². The Balaban J connectivity index is 2.30. The van der Waals surface area contributed by atoms with E-state index in [0.29, 0.717) is 11.4 Å². The zero-order valence-electron chi connectivity index (χ0n) is 8.32. The fraction of sp³-hybridized carbons (Fsp3) is 0.417. The van der Waals surface area contributed by atoms with E-state index in [2.05, 4.69) is 0 Å². The fourth-order valence-corrected chi connectivity index (χ4v) is 2.37. The molecule has 15 heavy (non-hydrogen) atoms. The first-order valence-corrected chi connectivity index (χ1v) is 5.54. The fourth-order valence-electron chi connectivity index (χ4n) is 2.10. The molecule has 0 aromatic heterocycles. The molecule has 1 saturated carbocycles. The first-order valence-electron chi connectivity index (χ1n) is 5.16. The van der Waals surface area contributed by atoms with Gasteiger partial charge >= 0.3 is 0 Å². The lowest BCUT2D eigenvalue weighted by molar-refractivity contribution is -0.131. The molecule has 0 amide bonds. The Labute approximate surface area is 93.9 Å². The third-order valence-corrected chi connectivity index (χ3v) is 3.27. The number of benzene rings is 1. The van der Waals surface area contributed by atoms with Gasteiger partial charge in [-0.15, -0.1) is 0 Å². The lowest BCUT2D eigenvalue weighted by Gasteiger charge is -2.25. The minimum atomic E-state index is -0.806. The predicted octanol–water partition coefficient (Wildman–Crippen LogP) is 2.54. The molecular formula is C12H13ClO2. The monoisotopic (exact) mass is 224 g/mol. The van der Waals surface area contributed by atoms with Crippen LogP contribution in [0.25, 0.3) is 0 Å². The summed E-state index contributed by atoms with van der Waals surface area (Å²) in [5, 5.41) is 10.1. The summed E-state index contributed by atoms with van der Waals surface area (Å²) in [6, 6.07) is 7.36. The summed E-state index contributed by atoms with van der Waals surface area (Å²) >= 11 is 6.04. The molecule has 0 saturated heterocycles. The Bertz CT molecular complexity index is 376. The third-order valence-electron chi connectivity index (χ3n) is 2.92. The number of aliphatic hydroxyl groups excluding tert-OH is 1. The van der Waals surface area contributed by atoms with Gasteiger partial charge in [0.25, 0.3) is 0 Å². The largest absolute Gasteiger partial charge is 0.385 e. The lowest BCUT2D eigenvalue weighted by Crippen LogP contribution is -2.31. The number of hydrogen-bond donors (Lipinski definition) is 1. The van der Waals surface area contributed by atoms with Crippen LogP contribution in [0.1, 0.15) is 30.7 Å². The predicted molar refractivity (Wildman–Crippen MR) is 59.1 cm³/mol. The van der Waals surface area contributed by atoms with Crippen LogP contribution in [-0.4, -0.2) is 17.0 Å². The molecule has 0 aliphatic heterocycles. The van der Waals surface area contributed by atoms with Crippen LogP contribution in [0.3, 0.4) is 0 Å². The molecule has 1 aromatic rings. The molecule has 1 aromatic carbocycles. The van der Waals surface area contributed by atoms with Gasteiger partial charge in [0, 0.05) is 10.9 Å². The first-order chi connectivity index (χ1) is 7.20. The van der Waals surface area contributed by atoms with E-state index < -0.39 is 6.10 Å². The van der Waals surface area contributed by atoms with Crippen molar-refractivity contribution >= 4 is 17.4 Å². The maximum absolute atomic E-state index is 11.8. The number of halogens is 1. The zero-order chi connectivity index (χ0) is 10.8. The number of carbonyl (C=O) groups is 1. The molecule has 0 bridgehead atoms. The minimum absolute atomic E-state index is 0.0886. The van der Waals surface area contributed by atoms with Gasteiger partial charge in [0.2, 0.25) is 0 Å². The Hall–Kier alpha value is -0.860. The van der Waals surface area contributed by atoms with Crippen molar-refractivity contribution in [3.8, 4) is 0 Å². The van der Waals surface area contributed by atoms with Crippen LogP contribution in [0.2, 0.25) is 5.02 Å². The van der Waals surface area contributed by atoms with Crippen LogP contribution in [0.5, 0.6) is 0 Å². The molecule has 1 fully saturated rings. The Morgan fingerprint density at radius 2 is 2.00 bits per heavy atom. The normalized spacial score (nSPS) is 26.7. The van der Waals surface area contributed by atoms with Crippen molar-refractivity contribution in [1.29, 1.82) is 0 Å². The van der Waals surface area contributed by atoms with E-state index in [-0.39, 0.29) is 11.7 Å². The maximum atomic E-state index is 11.8. The second-order valence-electron chi connectivity index (χ2n) is 3.92. The second-order valence-corrected chi connectivity index (χ2v) is 4.33. The minimum Gasteiger partial charge on any atom is -0.385 e. The summed E-state index contributed by atoms with van der Waals surface area (Å²) in [4.78, 5) is 11.8. The Morgan fingerprint density at radius 3 is 2.73 bits per heavy atom. The van der Waals surface area contributed by atoms with Crippen LogP contribution in [0.15, 0.2) is 24.3 Å². The molecule has 2 nitrogen and oxygen atoms in total. The van der Waals surface area contributed by atoms with Crippen molar-refractivity contribution < 1.29 is 9.90 Å². The van der Waals surface area contributed by atoms with Crippen molar-refractivity contribution in [3.05, 3.63) is 34.9 Å². The highest BCUT2D eigenvalue weighted by molar-refractivity contribution is 6.31. The van der Waals surface area contributed by atoms with E-state index in [1.807, 2.05) is 18.2 Å². The van der Waals surface area contributed by atoms with Crippen molar-refractivity contribution in [2.24, 2.45) is 0 Å². The number of rotatable bonds is 1. The number of carbonyl (C=O) groups excluding carboxylic acids is 1. The van der Waals surface area contributed by atoms with Gasteiger partial charge in [-0.1, -0.05) is 29.8 Å². The molecule has 0 spiro atoms. The van der Waals surface area contributed by atoms with Gasteiger partial charge in [-0.3, -0.25) is 4.79 Å². The summed E-state index contributed by atoms with van der Waals surface area (Å²) in [6.07, 6.45) is 1.45. The number of hydrogen-bond acceptors (Lipinski definition) is 2. The van der Waals surface area contributed by atoms with E-state index in [0.717, 1.165) is 18.4 Å². The molecule has 2 rings (SSSR count). The summed E-state index contributed by atoms with van der Waals surface area (Å²) in [5.74, 6) is -0.309. The SMILES string of the molecule is O=C1C(O)CCC[C@H]1c1ccccc1Cl. The van der Waals surface area contributed by atoms with Crippen LogP contribution in [0, 0.1) is 0 Å². The molecule has 0 radical (unpaired) electrons. The van der Waals surface area contributed by atoms with Gasteiger partial charge in [-0.25, -0.2) is 0 Å². The quantitative estimate of drug-likeness (QED) is 0.796. The summed E-state index contributed by atoms with van der Waals surface area (Å²) < 4.78 is 0. The average Bonchev–Trinajstić information content (AvgIpc) is 2.23. The Morgan fingerprint density at radius 1 is 1.27 bits per heavy atom. The number of aliphatic hydroxyl groups is 1. The zero-order valence-corrected chi connectivity index (χ0v) is 9.07. The summed E-state index contributed by atoms with van der Waals surface area (Å²) in [5.41, 5.74) is 0.850. The highest BCUT2D eigenvalue weighted by Gasteiger charge is 2.31. The van der Waals surface area contributed by atoms with Crippen molar-refractivity contribution in [2.45, 2.75) is 31.3 Å². The van der Waals surface area contributed by atoms with Gasteiger partial charge in [0.05, 0.1) is 0 Å². The van der Waals surface area contributed by atoms with E-state index in [1.54, 1.807) is 6.07 Å². The highest BCUT2D eigenvalue weighted by atomic mass is 35.5. The van der Waals surface area contributed by atoms with E-state index in [9.17, 15) is 9.90 Å². The highest BCUT2D eigenvalue weighted by Crippen LogP contribution is 2.33. The molecule has 2 atom stereocenters. The van der Waals surface area contributed by atoms with Gasteiger partial charge in [0.15, 0.2) is 5.78 Å². The molecule has 1 aliphatic rings. The molecule has 3 heteroatoms. The van der Waals surface area contributed by atoms with Gasteiger partial charge < -0.3 is 5.11 Å². The molecule has 1 aliphatic carbocycles. The maximum Gasteiger partial charge on any atom is 0.168 e.